The third-order valence-electron chi connectivity index (χ3n) is 15.0. The van der Waals surface area contributed by atoms with Gasteiger partial charge in [-0.15, -0.1) is 75.2 Å². The van der Waals surface area contributed by atoms with Crippen molar-refractivity contribution < 1.29 is 42.1 Å². The molecule has 0 saturated heterocycles. The van der Waals surface area contributed by atoms with E-state index in [0.29, 0.717) is 0 Å². The van der Waals surface area contributed by atoms with Gasteiger partial charge in [0, 0.05) is 65.7 Å². The van der Waals surface area contributed by atoms with Crippen molar-refractivity contribution in [3.05, 3.63) is 203 Å². The van der Waals surface area contributed by atoms with Crippen molar-refractivity contribution >= 4 is 105 Å². The minimum atomic E-state index is -0.0386. The normalized spacial score (nSPS) is 13.1. The van der Waals surface area contributed by atoms with Gasteiger partial charge in [-0.1, -0.05) is 57.3 Å². The molecule has 0 aliphatic carbocycles. The fraction of sp³-hybridized carbons (Fsp3) is 0.0938. The number of rotatable bonds is 6. The molecule has 378 valence electrons. The maximum atomic E-state index is 4.91. The van der Waals surface area contributed by atoms with Gasteiger partial charge in [0.25, 0.3) is 0 Å². The Hall–Kier alpha value is -5.21. The standard InChI is InChI=1S/C64H40B2N4S5.2Pt/c1-35-21-37(3)61(38(4)22-35)44-30-67-69(32-44)46-15-19-54-50(28-46)65-48-25-41(13-17-52(48)72-56-9-7-11-58(74-54)63(56)65)43-27-60(71-34-43)42-14-18-53-49(26-42)66-51-29-47(16-20-55(51)75-59-12-8-10-57(73-53)64(59)66)70-33-45(31-68-70)62-39(5)23-36(2)24-40(62)6;;/h7-24,30-33H,1-6H3;;/q-6;;. The van der Waals surface area contributed by atoms with Crippen molar-refractivity contribution in [2.45, 2.75) is 80.7 Å². The van der Waals surface area contributed by atoms with Gasteiger partial charge < -0.3 is 28.5 Å². The molecule has 0 spiro atoms. The van der Waals surface area contributed by atoms with Gasteiger partial charge in [-0.3, -0.25) is 14.7 Å². The molecule has 0 unspecified atom stereocenters. The van der Waals surface area contributed by atoms with Gasteiger partial charge in [0.2, 0.25) is 13.4 Å². The van der Waals surface area contributed by atoms with Crippen LogP contribution in [0.1, 0.15) is 33.4 Å². The van der Waals surface area contributed by atoms with E-state index >= 15 is 0 Å². The number of hydrogen-bond donors (Lipinski definition) is 0. The summed E-state index contributed by atoms with van der Waals surface area (Å²) in [6.07, 6.45) is 8.27. The van der Waals surface area contributed by atoms with E-state index in [1.54, 1.807) is 11.3 Å². The molecular weight excluding hydrogens is 1400 g/mol. The SMILES string of the molecule is Cc1cc(C)c(-c2cnn(-c3[c-]c4c(cc3)Sc3cccc5c3B4c3[c-]c(-c4[c-]sc(-c6[c-]c7c(cc6)Sc6cccc8c6B7c6[c-]c(-n7cc(-c9c(C)cc(C)cc9C)cn7)ccc6S8)[c-]4)ccc3S5)c2)c(C)c1.[Pt].[Pt]. The molecule has 8 aromatic carbocycles. The first kappa shape index (κ1) is 51.2. The molecule has 0 atom stereocenters. The summed E-state index contributed by atoms with van der Waals surface area (Å²) in [5.41, 5.74) is 24.4. The molecule has 3 aromatic heterocycles. The summed E-state index contributed by atoms with van der Waals surface area (Å²) in [6.45, 7) is 13.0. The van der Waals surface area contributed by atoms with Crippen molar-refractivity contribution in [2.24, 2.45) is 0 Å². The minimum absolute atomic E-state index is 0. The summed E-state index contributed by atoms with van der Waals surface area (Å²) >= 11 is 8.95. The van der Waals surface area contributed by atoms with Gasteiger partial charge in [-0.2, -0.15) is 84.8 Å². The second-order valence-electron chi connectivity index (χ2n) is 20.1. The molecular formula is C64H40B2N4Pt2S5-6. The molecule has 15 rings (SSSR count). The van der Waals surface area contributed by atoms with Crippen LogP contribution in [-0.2, 0) is 42.1 Å². The van der Waals surface area contributed by atoms with E-state index in [2.05, 4.69) is 199 Å². The molecule has 0 radical (unpaired) electrons. The van der Waals surface area contributed by atoms with E-state index in [-0.39, 0.29) is 55.6 Å². The zero-order valence-electron chi connectivity index (χ0n) is 42.3. The van der Waals surface area contributed by atoms with Crippen LogP contribution in [0.4, 0.5) is 0 Å². The van der Waals surface area contributed by atoms with Gasteiger partial charge in [0.15, 0.2) is 0 Å². The van der Waals surface area contributed by atoms with Crippen LogP contribution in [0.25, 0.3) is 55.2 Å². The van der Waals surface area contributed by atoms with Gasteiger partial charge in [0.05, 0.1) is 12.4 Å². The Morgan fingerprint density at radius 3 is 1.26 bits per heavy atom. The molecule has 4 nitrogen and oxygen atoms in total. The summed E-state index contributed by atoms with van der Waals surface area (Å²) in [5.74, 6) is 0. The number of thiophene rings is 1. The van der Waals surface area contributed by atoms with E-state index in [9.17, 15) is 0 Å². The Morgan fingerprint density at radius 1 is 0.429 bits per heavy atom. The monoisotopic (exact) mass is 1440 g/mol. The quantitative estimate of drug-likeness (QED) is 0.122. The molecule has 0 saturated carbocycles. The minimum Gasteiger partial charge on any atom is -0.366 e. The summed E-state index contributed by atoms with van der Waals surface area (Å²) in [7, 11) is 0. The third kappa shape index (κ3) is 8.56. The summed E-state index contributed by atoms with van der Waals surface area (Å²) in [6, 6.07) is 59.8. The Bertz CT molecular complexity index is 3930. The number of aryl methyl sites for hydroxylation is 6. The maximum absolute atomic E-state index is 4.91. The Morgan fingerprint density at radius 2 is 0.818 bits per heavy atom. The van der Waals surface area contributed by atoms with Gasteiger partial charge in [-0.25, -0.2) is 12.1 Å². The number of hydrogen-bond acceptors (Lipinski definition) is 7. The van der Waals surface area contributed by atoms with Crippen LogP contribution >= 0.6 is 58.4 Å². The topological polar surface area (TPSA) is 35.6 Å². The van der Waals surface area contributed by atoms with Crippen molar-refractivity contribution in [3.63, 3.8) is 0 Å². The Labute approximate surface area is 500 Å². The molecule has 0 amide bonds. The summed E-state index contributed by atoms with van der Waals surface area (Å²) in [4.78, 5) is 11.0. The molecule has 4 aliphatic rings. The molecule has 77 heavy (non-hydrogen) atoms. The molecule has 11 aromatic rings. The van der Waals surface area contributed by atoms with Crippen LogP contribution in [0, 0.1) is 77.3 Å². The Kier molecular flexibility index (Phi) is 13.2. The van der Waals surface area contributed by atoms with Gasteiger partial charge in [0.1, 0.15) is 0 Å². The van der Waals surface area contributed by atoms with E-state index in [0.717, 1.165) is 60.5 Å². The number of fused-ring (bicyclic) bond motifs is 8. The van der Waals surface area contributed by atoms with Crippen molar-refractivity contribution in [1.82, 2.24) is 19.6 Å². The molecule has 0 N–H and O–H groups in total. The number of benzene rings is 8. The van der Waals surface area contributed by atoms with Crippen LogP contribution in [0.3, 0.4) is 0 Å². The summed E-state index contributed by atoms with van der Waals surface area (Å²) in [5, 5.41) is 13.5. The molecule has 7 heterocycles. The Balaban J connectivity index is 0.00000283. The molecule has 13 heteroatoms. The smallest absolute Gasteiger partial charge is 0.202 e. The molecule has 0 bridgehead atoms. The zero-order chi connectivity index (χ0) is 50.4. The maximum Gasteiger partial charge on any atom is 0.202 e. The third-order valence-corrected chi connectivity index (χ3v) is 20.4. The fourth-order valence-electron chi connectivity index (χ4n) is 12.0. The van der Waals surface area contributed by atoms with Crippen LogP contribution in [0.2, 0.25) is 0 Å². The van der Waals surface area contributed by atoms with Crippen LogP contribution < -0.4 is 32.8 Å². The van der Waals surface area contributed by atoms with E-state index < -0.39 is 0 Å². The predicted molar refractivity (Wildman–Crippen MR) is 313 cm³/mol. The van der Waals surface area contributed by atoms with Crippen molar-refractivity contribution in [3.8, 4) is 55.2 Å². The van der Waals surface area contributed by atoms with E-state index in [1.165, 1.54) is 100 Å². The van der Waals surface area contributed by atoms with Gasteiger partial charge in [-0.05, 0) is 141 Å². The van der Waals surface area contributed by atoms with E-state index in [4.69, 9.17) is 10.2 Å². The van der Waals surface area contributed by atoms with Crippen LogP contribution in [-0.4, -0.2) is 33.0 Å². The van der Waals surface area contributed by atoms with Crippen molar-refractivity contribution in [1.29, 1.82) is 0 Å². The summed E-state index contributed by atoms with van der Waals surface area (Å²) < 4.78 is 3.97. The first-order valence-electron chi connectivity index (χ1n) is 25.0. The first-order chi connectivity index (χ1) is 36.6. The van der Waals surface area contributed by atoms with Crippen LogP contribution in [0.5, 0.6) is 0 Å². The number of aromatic nitrogens is 4. The molecule has 0 fully saturated rings. The largest absolute Gasteiger partial charge is 0.366 e. The number of nitrogens with zero attached hydrogens (tertiary/aromatic N) is 4. The molecule has 4 aliphatic heterocycles. The van der Waals surface area contributed by atoms with Crippen LogP contribution in [0.15, 0.2) is 173 Å². The second-order valence-corrected chi connectivity index (χ2v) is 25.2. The fourth-order valence-corrected chi connectivity index (χ4v) is 17.4. The predicted octanol–water partition coefficient (Wildman–Crippen LogP) is 12.3. The average molecular weight is 1440 g/mol. The average Bonchev–Trinajstić information content (AvgIpc) is 4.22. The first-order valence-corrected chi connectivity index (χ1v) is 29.1. The second kappa shape index (κ2) is 19.8. The van der Waals surface area contributed by atoms with Crippen molar-refractivity contribution in [2.75, 3.05) is 0 Å². The van der Waals surface area contributed by atoms with E-state index in [1.807, 2.05) is 68.8 Å². The zero-order valence-corrected chi connectivity index (χ0v) is 50.9. The van der Waals surface area contributed by atoms with Gasteiger partial charge >= 0.3 is 0 Å².